The molecule has 0 radical (unpaired) electrons. The molecule has 0 N–H and O–H groups in total. The highest BCUT2D eigenvalue weighted by Crippen LogP contribution is 2.10. The highest BCUT2D eigenvalue weighted by molar-refractivity contribution is 7.90. The van der Waals surface area contributed by atoms with Crippen LogP contribution in [0.1, 0.15) is 19.8 Å². The number of halogens is 1. The molecule has 0 aliphatic rings. The van der Waals surface area contributed by atoms with E-state index in [-0.39, 0.29) is 5.75 Å². The molecule has 0 bridgehead atoms. The van der Waals surface area contributed by atoms with Gasteiger partial charge in [-0.1, -0.05) is 13.3 Å². The van der Waals surface area contributed by atoms with Gasteiger partial charge < -0.3 is 0 Å². The van der Waals surface area contributed by atoms with Crippen LogP contribution in [0.5, 0.6) is 0 Å². The van der Waals surface area contributed by atoms with Gasteiger partial charge in [0.1, 0.15) is 9.84 Å². The molecule has 1 atom stereocenters. The van der Waals surface area contributed by atoms with E-state index in [4.69, 9.17) is 11.6 Å². The van der Waals surface area contributed by atoms with Gasteiger partial charge in [-0.25, -0.2) is 8.42 Å². The highest BCUT2D eigenvalue weighted by atomic mass is 35.5. The second-order valence-corrected chi connectivity index (χ2v) is 5.42. The van der Waals surface area contributed by atoms with Crippen molar-refractivity contribution in [1.29, 1.82) is 0 Å². The average Bonchev–Trinajstić information content (AvgIpc) is 1.88. The van der Waals surface area contributed by atoms with Gasteiger partial charge in [0.2, 0.25) is 0 Å². The van der Waals surface area contributed by atoms with Crippen molar-refractivity contribution in [2.45, 2.75) is 19.8 Å². The summed E-state index contributed by atoms with van der Waals surface area (Å²) in [7, 11) is -2.80. The molecule has 0 saturated heterocycles. The van der Waals surface area contributed by atoms with Gasteiger partial charge in [-0.05, 0) is 12.3 Å². The third kappa shape index (κ3) is 6.63. The first-order chi connectivity index (χ1) is 4.99. The van der Waals surface area contributed by atoms with E-state index in [2.05, 4.69) is 0 Å². The van der Waals surface area contributed by atoms with Gasteiger partial charge in [-0.15, -0.1) is 11.6 Å². The molecule has 11 heavy (non-hydrogen) atoms. The predicted molar refractivity (Wildman–Crippen MR) is 48.8 cm³/mol. The number of sulfone groups is 1. The number of hydrogen-bond acceptors (Lipinski definition) is 2. The summed E-state index contributed by atoms with van der Waals surface area (Å²) < 4.78 is 21.4. The Kier molecular flexibility index (Phi) is 5.10. The monoisotopic (exact) mass is 198 g/mol. The zero-order valence-electron chi connectivity index (χ0n) is 7.01. The molecule has 0 rings (SSSR count). The maximum Gasteiger partial charge on any atom is 0.147 e. The minimum Gasteiger partial charge on any atom is -0.229 e. The van der Waals surface area contributed by atoms with Crippen LogP contribution >= 0.6 is 11.6 Å². The molecule has 1 unspecified atom stereocenters. The second-order valence-electron chi connectivity index (χ2n) is 2.85. The summed E-state index contributed by atoms with van der Waals surface area (Å²) in [5.74, 6) is 1.18. The third-order valence-electron chi connectivity index (χ3n) is 1.69. The molecule has 0 amide bonds. The van der Waals surface area contributed by atoms with Gasteiger partial charge in [0.25, 0.3) is 0 Å². The zero-order chi connectivity index (χ0) is 8.91. The number of alkyl halides is 1. The van der Waals surface area contributed by atoms with Crippen LogP contribution in [0.25, 0.3) is 0 Å². The molecule has 0 heterocycles. The van der Waals surface area contributed by atoms with Crippen molar-refractivity contribution in [3.63, 3.8) is 0 Å². The van der Waals surface area contributed by atoms with E-state index in [0.717, 1.165) is 6.42 Å². The van der Waals surface area contributed by atoms with E-state index < -0.39 is 9.84 Å². The van der Waals surface area contributed by atoms with Crippen LogP contribution in [0.4, 0.5) is 0 Å². The Morgan fingerprint density at radius 2 is 2.00 bits per heavy atom. The van der Waals surface area contributed by atoms with Crippen molar-refractivity contribution in [1.82, 2.24) is 0 Å². The van der Waals surface area contributed by atoms with Crippen LogP contribution in [0.2, 0.25) is 0 Å². The fraction of sp³-hybridized carbons (Fsp3) is 1.00. The Labute approximate surface area is 73.9 Å². The van der Waals surface area contributed by atoms with E-state index >= 15 is 0 Å². The molecule has 0 aliphatic carbocycles. The van der Waals surface area contributed by atoms with Gasteiger partial charge in [-0.2, -0.15) is 0 Å². The lowest BCUT2D eigenvalue weighted by Crippen LogP contribution is -2.10. The maximum absolute atomic E-state index is 10.7. The van der Waals surface area contributed by atoms with Gasteiger partial charge in [-0.3, -0.25) is 0 Å². The number of hydrogen-bond donors (Lipinski definition) is 0. The Morgan fingerprint density at radius 1 is 1.45 bits per heavy atom. The Morgan fingerprint density at radius 3 is 2.27 bits per heavy atom. The highest BCUT2D eigenvalue weighted by Gasteiger charge is 2.08. The van der Waals surface area contributed by atoms with Crippen LogP contribution in [0, 0.1) is 5.92 Å². The Hall–Kier alpha value is 0.240. The van der Waals surface area contributed by atoms with Crippen LogP contribution in [0.3, 0.4) is 0 Å². The van der Waals surface area contributed by atoms with Crippen molar-refractivity contribution in [3.05, 3.63) is 0 Å². The summed E-state index contributed by atoms with van der Waals surface area (Å²) in [5, 5.41) is 0. The fourth-order valence-electron chi connectivity index (χ4n) is 0.771. The Balaban J connectivity index is 3.69. The second kappa shape index (κ2) is 4.99. The molecule has 68 valence electrons. The van der Waals surface area contributed by atoms with Crippen molar-refractivity contribution in [3.8, 4) is 0 Å². The molecule has 0 saturated carbocycles. The molecule has 0 spiro atoms. The summed E-state index contributed by atoms with van der Waals surface area (Å²) in [6, 6.07) is 0. The van der Waals surface area contributed by atoms with Crippen molar-refractivity contribution < 1.29 is 8.42 Å². The molecule has 0 aromatic heterocycles. The molecule has 0 aliphatic heterocycles. The van der Waals surface area contributed by atoms with E-state index in [1.807, 2.05) is 6.92 Å². The smallest absolute Gasteiger partial charge is 0.147 e. The molecule has 2 nitrogen and oxygen atoms in total. The Bertz CT molecular complexity index is 183. The third-order valence-corrected chi connectivity index (χ3v) is 3.11. The normalized spacial score (nSPS) is 14.8. The summed E-state index contributed by atoms with van der Waals surface area (Å²) in [5.41, 5.74) is 0. The lowest BCUT2D eigenvalue weighted by Gasteiger charge is -2.08. The van der Waals surface area contributed by atoms with Gasteiger partial charge in [0.05, 0.1) is 5.75 Å². The van der Waals surface area contributed by atoms with Crippen LogP contribution in [0.15, 0.2) is 0 Å². The molecule has 0 aromatic rings. The lowest BCUT2D eigenvalue weighted by atomic mass is 10.1. The number of rotatable bonds is 5. The minimum atomic E-state index is -2.80. The fourth-order valence-corrected chi connectivity index (χ4v) is 1.91. The first-order valence-electron chi connectivity index (χ1n) is 3.73. The largest absolute Gasteiger partial charge is 0.229 e. The van der Waals surface area contributed by atoms with Crippen LogP contribution in [-0.2, 0) is 9.84 Å². The van der Waals surface area contributed by atoms with Crippen LogP contribution < -0.4 is 0 Å². The van der Waals surface area contributed by atoms with E-state index in [9.17, 15) is 8.42 Å². The van der Waals surface area contributed by atoms with Gasteiger partial charge in [0.15, 0.2) is 0 Å². The zero-order valence-corrected chi connectivity index (χ0v) is 8.58. The molecule has 0 aromatic carbocycles. The molecular weight excluding hydrogens is 184 g/mol. The van der Waals surface area contributed by atoms with E-state index in [1.165, 1.54) is 6.26 Å². The average molecular weight is 199 g/mol. The predicted octanol–water partition coefficient (Wildman–Crippen LogP) is 1.69. The molecular formula is C7H15ClO2S. The van der Waals surface area contributed by atoms with E-state index in [1.54, 1.807) is 0 Å². The summed E-state index contributed by atoms with van der Waals surface area (Å²) in [6.45, 7) is 2.02. The first-order valence-corrected chi connectivity index (χ1v) is 6.32. The van der Waals surface area contributed by atoms with E-state index in [0.29, 0.717) is 18.2 Å². The van der Waals surface area contributed by atoms with Gasteiger partial charge in [0, 0.05) is 12.1 Å². The lowest BCUT2D eigenvalue weighted by molar-refractivity contribution is 0.539. The minimum absolute atomic E-state index is 0.262. The standard InChI is InChI=1S/C7H15ClO2S/c1-3-7(6-8)4-5-11(2,9)10/h7H,3-6H2,1-2H3. The van der Waals surface area contributed by atoms with Crippen molar-refractivity contribution in [2.75, 3.05) is 17.9 Å². The van der Waals surface area contributed by atoms with Crippen molar-refractivity contribution >= 4 is 21.4 Å². The SMILES string of the molecule is CCC(CCl)CCS(C)(=O)=O. The summed E-state index contributed by atoms with van der Waals surface area (Å²) in [4.78, 5) is 0. The topological polar surface area (TPSA) is 34.1 Å². The first kappa shape index (κ1) is 11.2. The summed E-state index contributed by atoms with van der Waals surface area (Å²) >= 11 is 5.60. The van der Waals surface area contributed by atoms with Gasteiger partial charge >= 0.3 is 0 Å². The molecule has 4 heteroatoms. The maximum atomic E-state index is 10.7. The van der Waals surface area contributed by atoms with Crippen molar-refractivity contribution in [2.24, 2.45) is 5.92 Å². The van der Waals surface area contributed by atoms with Crippen LogP contribution in [-0.4, -0.2) is 26.3 Å². The quantitative estimate of drug-likeness (QED) is 0.630. The molecule has 0 fully saturated rings. The summed E-state index contributed by atoms with van der Waals surface area (Å²) in [6.07, 6.45) is 2.91.